The average Bonchev–Trinajstić information content (AvgIpc) is 3.16. The number of H-pyrrole nitrogens is 2. The number of nitrogens with zero attached hydrogens (tertiary/aromatic N) is 1. The zero-order valence-corrected chi connectivity index (χ0v) is 10.9. The van der Waals surface area contributed by atoms with Gasteiger partial charge in [-0.15, -0.1) is 0 Å². The van der Waals surface area contributed by atoms with Gasteiger partial charge in [0.1, 0.15) is 5.75 Å². The van der Waals surface area contributed by atoms with Gasteiger partial charge in [-0.1, -0.05) is 0 Å². The predicted molar refractivity (Wildman–Crippen MR) is 77.4 cm³/mol. The van der Waals surface area contributed by atoms with Crippen molar-refractivity contribution in [3.8, 4) is 17.1 Å². The van der Waals surface area contributed by atoms with Gasteiger partial charge in [-0.05, 0) is 31.2 Å². The Labute approximate surface area is 111 Å². The third kappa shape index (κ3) is 2.01. The van der Waals surface area contributed by atoms with E-state index in [9.17, 15) is 0 Å². The Hall–Kier alpha value is -2.49. The molecule has 2 aromatic rings. The third-order valence-corrected chi connectivity index (χ3v) is 3.20. The van der Waals surface area contributed by atoms with Crippen molar-refractivity contribution in [3.63, 3.8) is 0 Å². The molecule has 0 amide bonds. The maximum absolute atomic E-state index is 5.45. The van der Waals surface area contributed by atoms with E-state index in [1.165, 1.54) is 0 Å². The molecule has 0 unspecified atom stereocenters. The Morgan fingerprint density at radius 3 is 2.84 bits per heavy atom. The molecule has 4 nitrogen and oxygen atoms in total. The van der Waals surface area contributed by atoms with E-state index in [0.29, 0.717) is 0 Å². The van der Waals surface area contributed by atoms with Gasteiger partial charge in [0, 0.05) is 24.1 Å². The third-order valence-electron chi connectivity index (χ3n) is 3.20. The lowest BCUT2D eigenvalue weighted by molar-refractivity contribution is 0.414. The second-order valence-corrected chi connectivity index (χ2v) is 4.36. The van der Waals surface area contributed by atoms with Crippen LogP contribution in [0.1, 0.15) is 12.6 Å². The first-order chi connectivity index (χ1) is 9.29. The first-order valence-corrected chi connectivity index (χ1v) is 6.12. The van der Waals surface area contributed by atoms with Crippen LogP contribution in [0, 0.1) is 0 Å². The second-order valence-electron chi connectivity index (χ2n) is 4.36. The number of aliphatic imine (C=N–C) groups is 1. The van der Waals surface area contributed by atoms with E-state index in [1.54, 1.807) is 13.3 Å². The molecule has 0 aromatic carbocycles. The molecule has 0 aliphatic carbocycles. The van der Waals surface area contributed by atoms with E-state index in [4.69, 9.17) is 4.74 Å². The van der Waals surface area contributed by atoms with Crippen LogP contribution < -0.4 is 4.74 Å². The molecule has 0 spiro atoms. The summed E-state index contributed by atoms with van der Waals surface area (Å²) in [6, 6.07) is 5.98. The van der Waals surface area contributed by atoms with Gasteiger partial charge in [0.25, 0.3) is 0 Å². The lowest BCUT2D eigenvalue weighted by atomic mass is 10.1. The molecular formula is C15H15N3O. The molecule has 0 radical (unpaired) electrons. The summed E-state index contributed by atoms with van der Waals surface area (Å²) in [5.41, 5.74) is 5.03. The topological polar surface area (TPSA) is 53.2 Å². The van der Waals surface area contributed by atoms with E-state index in [0.717, 1.165) is 34.1 Å². The van der Waals surface area contributed by atoms with Gasteiger partial charge in [-0.3, -0.25) is 4.99 Å². The fraction of sp³-hybridized carbons (Fsp3) is 0.133. The number of aromatic nitrogens is 2. The quantitative estimate of drug-likeness (QED) is 0.865. The summed E-state index contributed by atoms with van der Waals surface area (Å²) in [5, 5.41) is 0. The number of allylic oxidation sites excluding steroid dienone is 3. The molecule has 0 saturated heterocycles. The summed E-state index contributed by atoms with van der Waals surface area (Å²) in [6.45, 7) is 2.04. The van der Waals surface area contributed by atoms with Crippen LogP contribution in [0.3, 0.4) is 0 Å². The van der Waals surface area contributed by atoms with Gasteiger partial charge in [-0.25, -0.2) is 0 Å². The molecule has 1 aliphatic heterocycles. The van der Waals surface area contributed by atoms with Crippen molar-refractivity contribution >= 4 is 11.8 Å². The maximum atomic E-state index is 5.45. The van der Waals surface area contributed by atoms with E-state index in [-0.39, 0.29) is 0 Å². The summed E-state index contributed by atoms with van der Waals surface area (Å²) in [7, 11) is 1.68. The van der Waals surface area contributed by atoms with Crippen molar-refractivity contribution in [1.82, 2.24) is 9.97 Å². The van der Waals surface area contributed by atoms with Gasteiger partial charge in [0.05, 0.1) is 29.9 Å². The molecule has 3 rings (SSSR count). The normalized spacial score (nSPS) is 16.1. The van der Waals surface area contributed by atoms with Crippen molar-refractivity contribution < 1.29 is 4.74 Å². The highest BCUT2D eigenvalue weighted by Gasteiger charge is 2.14. The van der Waals surface area contributed by atoms with Crippen molar-refractivity contribution in [1.29, 1.82) is 0 Å². The van der Waals surface area contributed by atoms with Gasteiger partial charge in [0.15, 0.2) is 0 Å². The summed E-state index contributed by atoms with van der Waals surface area (Å²) in [5.74, 6) is 0.824. The average molecular weight is 253 g/mol. The molecule has 3 heterocycles. The van der Waals surface area contributed by atoms with E-state index in [1.807, 2.05) is 43.5 Å². The smallest absolute Gasteiger partial charge is 0.144 e. The molecule has 0 atom stereocenters. The monoisotopic (exact) mass is 253 g/mol. The summed E-state index contributed by atoms with van der Waals surface area (Å²) < 4.78 is 5.45. The van der Waals surface area contributed by atoms with Crippen LogP contribution in [0.5, 0.6) is 5.75 Å². The SMILES string of the molecule is COc1cc(-c2ccc[nH]2)[nH]c1/C(C)=C1\C=CC=N1. The predicted octanol–water partition coefficient (Wildman–Crippen LogP) is 3.39. The second kappa shape index (κ2) is 4.65. The zero-order chi connectivity index (χ0) is 13.2. The number of hydrogen-bond donors (Lipinski definition) is 2. The first-order valence-electron chi connectivity index (χ1n) is 6.12. The number of nitrogens with one attached hydrogen (secondary N) is 2. The maximum Gasteiger partial charge on any atom is 0.144 e. The van der Waals surface area contributed by atoms with Crippen LogP contribution in [0.4, 0.5) is 0 Å². The van der Waals surface area contributed by atoms with Gasteiger partial charge < -0.3 is 14.7 Å². The minimum atomic E-state index is 0.824. The largest absolute Gasteiger partial charge is 0.494 e. The Bertz CT molecular complexity index is 658. The van der Waals surface area contributed by atoms with Crippen LogP contribution in [-0.2, 0) is 0 Å². The minimum Gasteiger partial charge on any atom is -0.494 e. The van der Waals surface area contributed by atoms with Gasteiger partial charge in [0.2, 0.25) is 0 Å². The Balaban J connectivity index is 2.09. The number of hydrogen-bond acceptors (Lipinski definition) is 2. The Morgan fingerprint density at radius 1 is 1.32 bits per heavy atom. The number of methoxy groups -OCH3 is 1. The molecule has 19 heavy (non-hydrogen) atoms. The Kier molecular flexibility index (Phi) is 2.83. The van der Waals surface area contributed by atoms with Crippen molar-refractivity contribution in [2.75, 3.05) is 7.11 Å². The molecule has 4 heteroatoms. The minimum absolute atomic E-state index is 0.824. The van der Waals surface area contributed by atoms with Crippen LogP contribution >= 0.6 is 0 Å². The molecule has 2 N–H and O–H groups in total. The van der Waals surface area contributed by atoms with E-state index < -0.39 is 0 Å². The molecule has 0 bridgehead atoms. The van der Waals surface area contributed by atoms with Crippen molar-refractivity contribution in [2.45, 2.75) is 6.92 Å². The molecular weight excluding hydrogens is 238 g/mol. The number of ether oxygens (including phenoxy) is 1. The van der Waals surface area contributed by atoms with Crippen LogP contribution in [0.2, 0.25) is 0 Å². The highest BCUT2D eigenvalue weighted by molar-refractivity contribution is 5.83. The number of rotatable bonds is 3. The summed E-state index contributed by atoms with van der Waals surface area (Å²) in [4.78, 5) is 10.9. The molecule has 0 fully saturated rings. The molecule has 0 saturated carbocycles. The van der Waals surface area contributed by atoms with Gasteiger partial charge in [-0.2, -0.15) is 0 Å². The standard InChI is InChI=1S/C15H15N3O/c1-10(11-5-3-7-16-11)15-14(19-2)9-13(18-15)12-6-4-8-17-12/h3-9,17-18H,1-2H3/b11-10+. The summed E-state index contributed by atoms with van der Waals surface area (Å²) in [6.07, 6.45) is 7.61. The summed E-state index contributed by atoms with van der Waals surface area (Å²) >= 11 is 0. The zero-order valence-electron chi connectivity index (χ0n) is 10.9. The van der Waals surface area contributed by atoms with Crippen LogP contribution in [-0.4, -0.2) is 23.3 Å². The lowest BCUT2D eigenvalue weighted by Gasteiger charge is -2.04. The Morgan fingerprint density at radius 2 is 2.21 bits per heavy atom. The van der Waals surface area contributed by atoms with E-state index >= 15 is 0 Å². The van der Waals surface area contributed by atoms with E-state index in [2.05, 4.69) is 15.0 Å². The fourth-order valence-electron chi connectivity index (χ4n) is 2.17. The van der Waals surface area contributed by atoms with Crippen molar-refractivity contribution in [2.24, 2.45) is 4.99 Å². The highest BCUT2D eigenvalue weighted by atomic mass is 16.5. The molecule has 2 aromatic heterocycles. The fourth-order valence-corrected chi connectivity index (χ4v) is 2.17. The molecule has 1 aliphatic rings. The van der Waals surface area contributed by atoms with Crippen LogP contribution in [0.25, 0.3) is 17.0 Å². The van der Waals surface area contributed by atoms with Gasteiger partial charge >= 0.3 is 0 Å². The first kappa shape index (κ1) is 11.6. The van der Waals surface area contributed by atoms with Crippen molar-refractivity contribution in [3.05, 3.63) is 47.9 Å². The lowest BCUT2D eigenvalue weighted by Crippen LogP contribution is -1.89. The highest BCUT2D eigenvalue weighted by Crippen LogP contribution is 2.33. The van der Waals surface area contributed by atoms with Crippen LogP contribution in [0.15, 0.2) is 47.2 Å². The molecule has 96 valence electrons. The number of aromatic amines is 2.